The molecule has 0 aliphatic carbocycles. The number of hydrogen-bond donors (Lipinski definition) is 8. The van der Waals surface area contributed by atoms with Gasteiger partial charge in [-0.05, 0) is 43.9 Å². The summed E-state index contributed by atoms with van der Waals surface area (Å²) in [6.07, 6.45) is -3.40. The quantitative estimate of drug-likeness (QED) is 0.0408. The molecule has 0 heterocycles. The van der Waals surface area contributed by atoms with Crippen LogP contribution in [0, 0.1) is 23.7 Å². The van der Waals surface area contributed by atoms with Crippen LogP contribution in [-0.2, 0) is 38.2 Å². The Morgan fingerprint density at radius 3 is 1.61 bits per heavy atom. The lowest BCUT2D eigenvalue weighted by atomic mass is 9.87. The van der Waals surface area contributed by atoms with Gasteiger partial charge in [0, 0.05) is 6.54 Å². The molecule has 9 N–H and O–H groups in total. The van der Waals surface area contributed by atoms with Crippen LogP contribution in [0.2, 0.25) is 0 Å². The number of aliphatic carboxylic acids is 4. The van der Waals surface area contributed by atoms with Crippen molar-refractivity contribution in [1.29, 1.82) is 0 Å². The summed E-state index contributed by atoms with van der Waals surface area (Å²) in [5.74, 6) is -11.9. The van der Waals surface area contributed by atoms with Gasteiger partial charge in [-0.25, -0.2) is 0 Å². The van der Waals surface area contributed by atoms with Crippen LogP contribution in [0.1, 0.15) is 111 Å². The van der Waals surface area contributed by atoms with E-state index in [1.807, 2.05) is 6.92 Å². The van der Waals surface area contributed by atoms with E-state index in [0.717, 1.165) is 6.42 Å². The fourth-order valence-electron chi connectivity index (χ4n) is 5.57. The molecule has 0 fully saturated rings. The topological polar surface area (TPSA) is 289 Å². The number of carboxylic acids is 4. The molecule has 0 bridgehead atoms. The summed E-state index contributed by atoms with van der Waals surface area (Å²) in [6.45, 7) is 5.37. The molecule has 284 valence electrons. The first kappa shape index (κ1) is 45.7. The molecule has 0 aromatic rings. The third kappa shape index (κ3) is 20.7. The Balaban J connectivity index is 5.98. The molecule has 0 aliphatic heterocycles. The molecule has 0 aromatic heterocycles. The second kappa shape index (κ2) is 24.7. The maximum atomic E-state index is 13.0. The Morgan fingerprint density at radius 2 is 1.14 bits per heavy atom. The van der Waals surface area contributed by atoms with Crippen molar-refractivity contribution >= 4 is 35.8 Å². The van der Waals surface area contributed by atoms with Gasteiger partial charge < -0.3 is 51.0 Å². The van der Waals surface area contributed by atoms with Gasteiger partial charge in [-0.3, -0.25) is 28.8 Å². The molecule has 49 heavy (non-hydrogen) atoms. The summed E-state index contributed by atoms with van der Waals surface area (Å²) in [4.78, 5) is 71.6. The lowest BCUT2D eigenvalue weighted by Crippen LogP contribution is -2.42. The SMILES string of the molecule is CCCC[C@H](C)[C@H](OC(=O)C[C@@H](CC(=O)O)C(=O)O)[C@H](C[C@H](C)C[C@H](O)CCCCC[C@H](O)[C@H](O)CN)OC(=O)C[C@@H](CC(=O)O)C(=O)O. The predicted molar refractivity (Wildman–Crippen MR) is 173 cm³/mol. The Hall–Kier alpha value is -3.34. The number of carbonyl (C=O) groups is 6. The van der Waals surface area contributed by atoms with Crippen LogP contribution < -0.4 is 5.73 Å². The van der Waals surface area contributed by atoms with Crippen molar-refractivity contribution in [1.82, 2.24) is 0 Å². The van der Waals surface area contributed by atoms with Gasteiger partial charge in [0.1, 0.15) is 12.2 Å². The van der Waals surface area contributed by atoms with E-state index in [1.165, 1.54) is 0 Å². The Kier molecular flexibility index (Phi) is 23.1. The van der Waals surface area contributed by atoms with Gasteiger partial charge >= 0.3 is 35.8 Å². The number of carboxylic acid groups (broad SMARTS) is 4. The van der Waals surface area contributed by atoms with E-state index in [4.69, 9.17) is 25.4 Å². The highest BCUT2D eigenvalue weighted by atomic mass is 16.6. The number of hydrogen-bond acceptors (Lipinski definition) is 12. The summed E-state index contributed by atoms with van der Waals surface area (Å²) in [6, 6.07) is 0. The Bertz CT molecular complexity index is 1040. The molecule has 16 nitrogen and oxygen atoms in total. The number of rotatable bonds is 29. The van der Waals surface area contributed by atoms with E-state index in [2.05, 4.69) is 0 Å². The smallest absolute Gasteiger partial charge is 0.307 e. The summed E-state index contributed by atoms with van der Waals surface area (Å²) in [5, 5.41) is 67.2. The molecule has 0 saturated carbocycles. The van der Waals surface area contributed by atoms with Crippen molar-refractivity contribution in [3.8, 4) is 0 Å². The van der Waals surface area contributed by atoms with E-state index in [0.29, 0.717) is 44.9 Å². The third-order valence-corrected chi connectivity index (χ3v) is 8.39. The zero-order chi connectivity index (χ0) is 37.7. The van der Waals surface area contributed by atoms with Crippen LogP contribution >= 0.6 is 0 Å². The van der Waals surface area contributed by atoms with Crippen molar-refractivity contribution in [2.75, 3.05) is 6.54 Å². The molecule has 0 saturated heterocycles. The molecule has 0 radical (unpaired) electrons. The molecule has 16 heteroatoms. The van der Waals surface area contributed by atoms with E-state index in [9.17, 15) is 54.3 Å². The fraction of sp³-hybridized carbons (Fsp3) is 0.818. The van der Waals surface area contributed by atoms with E-state index < -0.39 is 110 Å². The first-order chi connectivity index (χ1) is 22.9. The Labute approximate surface area is 287 Å². The van der Waals surface area contributed by atoms with Gasteiger partial charge in [0.05, 0.1) is 55.8 Å². The summed E-state index contributed by atoms with van der Waals surface area (Å²) < 4.78 is 11.4. The van der Waals surface area contributed by atoms with Crippen molar-refractivity contribution in [3.63, 3.8) is 0 Å². The highest BCUT2D eigenvalue weighted by Crippen LogP contribution is 2.29. The summed E-state index contributed by atoms with van der Waals surface area (Å²) >= 11 is 0. The molecular weight excluding hydrogens is 650 g/mol. The summed E-state index contributed by atoms with van der Waals surface area (Å²) in [7, 11) is 0. The minimum atomic E-state index is -1.59. The number of ether oxygens (including phenoxy) is 2. The number of unbranched alkanes of at least 4 members (excludes halogenated alkanes) is 3. The average molecular weight is 708 g/mol. The van der Waals surface area contributed by atoms with E-state index in [-0.39, 0.29) is 25.3 Å². The number of carbonyl (C=O) groups excluding carboxylic acids is 2. The number of esters is 2. The molecule has 0 spiro atoms. The maximum absolute atomic E-state index is 13.0. The van der Waals surface area contributed by atoms with Crippen molar-refractivity contribution in [2.24, 2.45) is 29.4 Å². The summed E-state index contributed by atoms with van der Waals surface area (Å²) in [5.41, 5.74) is 5.35. The molecule has 0 unspecified atom stereocenters. The zero-order valence-electron chi connectivity index (χ0n) is 28.8. The number of nitrogens with two attached hydrogens (primary N) is 1. The molecule has 0 rings (SSSR count). The Morgan fingerprint density at radius 1 is 0.633 bits per heavy atom. The van der Waals surface area contributed by atoms with Crippen LogP contribution in [0.25, 0.3) is 0 Å². The highest BCUT2D eigenvalue weighted by molar-refractivity contribution is 5.83. The maximum Gasteiger partial charge on any atom is 0.307 e. The zero-order valence-corrected chi connectivity index (χ0v) is 28.8. The number of aliphatic hydroxyl groups excluding tert-OH is 3. The molecular formula is C33H57NO15. The van der Waals surface area contributed by atoms with E-state index in [1.54, 1.807) is 13.8 Å². The minimum Gasteiger partial charge on any atom is -0.481 e. The molecule has 0 amide bonds. The average Bonchev–Trinajstić information content (AvgIpc) is 3.00. The normalized spacial score (nSPS) is 17.0. The van der Waals surface area contributed by atoms with Crippen molar-refractivity contribution in [2.45, 2.75) is 141 Å². The van der Waals surface area contributed by atoms with Gasteiger partial charge in [0.25, 0.3) is 0 Å². The second-order valence-corrected chi connectivity index (χ2v) is 13.0. The lowest BCUT2D eigenvalue weighted by molar-refractivity contribution is -0.177. The van der Waals surface area contributed by atoms with Crippen LogP contribution in [0.3, 0.4) is 0 Å². The van der Waals surface area contributed by atoms with Gasteiger partial charge in [-0.1, -0.05) is 52.9 Å². The van der Waals surface area contributed by atoms with Crippen LogP contribution in [0.5, 0.6) is 0 Å². The van der Waals surface area contributed by atoms with Crippen molar-refractivity contribution in [3.05, 3.63) is 0 Å². The second-order valence-electron chi connectivity index (χ2n) is 13.0. The van der Waals surface area contributed by atoms with Crippen LogP contribution in [-0.4, -0.2) is 109 Å². The first-order valence-corrected chi connectivity index (χ1v) is 16.9. The minimum absolute atomic E-state index is 0.0362. The lowest BCUT2D eigenvalue weighted by Gasteiger charge is -2.33. The fourth-order valence-corrected chi connectivity index (χ4v) is 5.57. The predicted octanol–water partition coefficient (Wildman–Crippen LogP) is 2.18. The third-order valence-electron chi connectivity index (χ3n) is 8.39. The molecule has 0 aliphatic rings. The highest BCUT2D eigenvalue weighted by Gasteiger charge is 2.37. The van der Waals surface area contributed by atoms with E-state index >= 15 is 0 Å². The monoisotopic (exact) mass is 707 g/mol. The standard InChI is InChI=1S/C33H57NO15/c1-4-5-9-20(3)31(49-30(43)17-22(33(46)47)15-28(40)41)26(48-29(42)16-21(32(44)45)14-27(38)39)13-19(2)12-23(35)10-7-6-8-11-24(36)25(37)18-34/h19-26,31,35-37H,4-18,34H2,1-3H3,(H,38,39)(H,40,41)(H,44,45)(H,46,47)/t19-,20+,21-,22-,23-,24+,25-,26+,31+/m1/s1. The van der Waals surface area contributed by atoms with Gasteiger partial charge in [-0.2, -0.15) is 0 Å². The van der Waals surface area contributed by atoms with Gasteiger partial charge in [-0.15, -0.1) is 0 Å². The van der Waals surface area contributed by atoms with Crippen molar-refractivity contribution < 1.29 is 74.0 Å². The largest absolute Gasteiger partial charge is 0.481 e. The van der Waals surface area contributed by atoms with Gasteiger partial charge in [0.15, 0.2) is 0 Å². The van der Waals surface area contributed by atoms with Gasteiger partial charge in [0.2, 0.25) is 0 Å². The van der Waals surface area contributed by atoms with Crippen LogP contribution in [0.4, 0.5) is 0 Å². The molecule has 0 aromatic carbocycles. The number of aliphatic hydroxyl groups is 3. The molecule has 9 atom stereocenters. The van der Waals surface area contributed by atoms with Crippen LogP contribution in [0.15, 0.2) is 0 Å². The first-order valence-electron chi connectivity index (χ1n) is 16.9.